The Hall–Kier alpha value is -2.55. The van der Waals surface area contributed by atoms with Crippen molar-refractivity contribution in [1.82, 2.24) is 9.47 Å². The molecule has 1 aliphatic heterocycles. The van der Waals surface area contributed by atoms with E-state index >= 15 is 0 Å². The number of amides is 1. The third kappa shape index (κ3) is 4.24. The van der Waals surface area contributed by atoms with Crippen molar-refractivity contribution in [1.29, 1.82) is 0 Å². The molecule has 1 aromatic heterocycles. The van der Waals surface area contributed by atoms with Crippen LogP contribution in [0.2, 0.25) is 0 Å². The van der Waals surface area contributed by atoms with Crippen molar-refractivity contribution in [2.45, 2.75) is 19.6 Å². The summed E-state index contributed by atoms with van der Waals surface area (Å²) in [5.41, 5.74) is 0.390. The molecule has 0 bridgehead atoms. The highest BCUT2D eigenvalue weighted by Crippen LogP contribution is 2.27. The van der Waals surface area contributed by atoms with Gasteiger partial charge in [0.2, 0.25) is 0 Å². The second kappa shape index (κ2) is 7.59. The maximum absolute atomic E-state index is 13.1. The van der Waals surface area contributed by atoms with E-state index in [1.165, 1.54) is 29.2 Å². The number of rotatable bonds is 4. The van der Waals surface area contributed by atoms with Gasteiger partial charge in [-0.3, -0.25) is 4.79 Å². The summed E-state index contributed by atoms with van der Waals surface area (Å²) in [4.78, 5) is 26.1. The average molecular weight is 384 g/mol. The van der Waals surface area contributed by atoms with Crippen LogP contribution in [0.15, 0.2) is 24.3 Å². The average Bonchev–Trinajstić information content (AvgIpc) is 2.98. The highest BCUT2D eigenvalue weighted by Gasteiger charge is 2.32. The Balaban J connectivity index is 2.05. The largest absolute Gasteiger partial charge is 0.462 e. The van der Waals surface area contributed by atoms with E-state index in [4.69, 9.17) is 9.47 Å². The van der Waals surface area contributed by atoms with Gasteiger partial charge in [-0.15, -0.1) is 0 Å². The third-order valence-corrected chi connectivity index (χ3v) is 4.27. The predicted molar refractivity (Wildman–Crippen MR) is 90.7 cm³/mol. The number of nitrogens with zero attached hydrogens (tertiary/aromatic N) is 2. The minimum Gasteiger partial charge on any atom is -0.462 e. The first-order chi connectivity index (χ1) is 12.8. The zero-order valence-corrected chi connectivity index (χ0v) is 14.7. The number of halogens is 3. The molecular weight excluding hydrogens is 365 g/mol. The molecule has 1 aliphatic rings. The van der Waals surface area contributed by atoms with Crippen molar-refractivity contribution < 1.29 is 32.2 Å². The minimum atomic E-state index is -4.49. The summed E-state index contributed by atoms with van der Waals surface area (Å²) in [5.74, 6) is -1.06. The van der Waals surface area contributed by atoms with Gasteiger partial charge < -0.3 is 18.9 Å². The molecule has 3 rings (SSSR count). The van der Waals surface area contributed by atoms with Crippen LogP contribution in [0.4, 0.5) is 13.2 Å². The number of esters is 1. The van der Waals surface area contributed by atoms with E-state index in [9.17, 15) is 22.8 Å². The summed E-state index contributed by atoms with van der Waals surface area (Å²) < 4.78 is 50.4. The molecular formula is C18H19F3N2O4. The molecule has 1 saturated heterocycles. The Labute approximate surface area is 153 Å². The highest BCUT2D eigenvalue weighted by molar-refractivity contribution is 6.01. The molecule has 2 heterocycles. The van der Waals surface area contributed by atoms with Gasteiger partial charge in [-0.1, -0.05) is 0 Å². The first-order valence-corrected chi connectivity index (χ1v) is 8.54. The van der Waals surface area contributed by atoms with E-state index in [1.807, 2.05) is 0 Å². The van der Waals surface area contributed by atoms with Crippen LogP contribution in [-0.2, 0) is 16.0 Å². The van der Waals surface area contributed by atoms with Crippen molar-refractivity contribution in [2.75, 3.05) is 32.9 Å². The molecule has 146 valence electrons. The summed E-state index contributed by atoms with van der Waals surface area (Å²) >= 11 is 0. The molecule has 0 atom stereocenters. The second-order valence-corrected chi connectivity index (χ2v) is 6.13. The fourth-order valence-electron chi connectivity index (χ4n) is 3.07. The third-order valence-electron chi connectivity index (χ3n) is 4.27. The maximum Gasteiger partial charge on any atom is 0.406 e. The number of aromatic nitrogens is 1. The van der Waals surface area contributed by atoms with Crippen molar-refractivity contribution >= 4 is 22.8 Å². The van der Waals surface area contributed by atoms with E-state index in [2.05, 4.69) is 0 Å². The minimum absolute atomic E-state index is 0.0646. The molecule has 9 heteroatoms. The lowest BCUT2D eigenvalue weighted by Gasteiger charge is -2.27. The Bertz CT molecular complexity index is 854. The number of benzene rings is 1. The van der Waals surface area contributed by atoms with Gasteiger partial charge >= 0.3 is 12.1 Å². The normalized spacial score (nSPS) is 15.2. The fraction of sp³-hybridized carbons (Fsp3) is 0.444. The Morgan fingerprint density at radius 1 is 1.19 bits per heavy atom. The number of morpholine rings is 1. The van der Waals surface area contributed by atoms with Gasteiger partial charge in [0.15, 0.2) is 0 Å². The standard InChI is InChI=1S/C18H19F3N2O4/c1-2-27-17(25)12-3-4-14-13(9-12)10-15(23(14)11-18(19,20)21)16(24)22-5-7-26-8-6-22/h3-4,9-10H,2,5-8,11H2,1H3. The molecule has 27 heavy (non-hydrogen) atoms. The van der Waals surface area contributed by atoms with Gasteiger partial charge in [-0.05, 0) is 31.2 Å². The zero-order valence-electron chi connectivity index (χ0n) is 14.7. The smallest absolute Gasteiger partial charge is 0.406 e. The molecule has 0 unspecified atom stereocenters. The highest BCUT2D eigenvalue weighted by atomic mass is 19.4. The van der Waals surface area contributed by atoms with E-state index in [-0.39, 0.29) is 23.4 Å². The van der Waals surface area contributed by atoms with Crippen molar-refractivity contribution in [3.63, 3.8) is 0 Å². The second-order valence-electron chi connectivity index (χ2n) is 6.13. The Kier molecular flexibility index (Phi) is 5.41. The molecule has 1 fully saturated rings. The fourth-order valence-corrected chi connectivity index (χ4v) is 3.07. The van der Waals surface area contributed by atoms with Crippen LogP contribution in [0.25, 0.3) is 10.9 Å². The molecule has 6 nitrogen and oxygen atoms in total. The molecule has 0 N–H and O–H groups in total. The van der Waals surface area contributed by atoms with Gasteiger partial charge in [0, 0.05) is 24.0 Å². The first-order valence-electron chi connectivity index (χ1n) is 8.54. The summed E-state index contributed by atoms with van der Waals surface area (Å²) in [6, 6.07) is 5.64. The van der Waals surface area contributed by atoms with Crippen LogP contribution < -0.4 is 0 Å². The topological polar surface area (TPSA) is 60.8 Å². The summed E-state index contributed by atoms with van der Waals surface area (Å²) in [5, 5.41) is 0.376. The van der Waals surface area contributed by atoms with E-state index < -0.39 is 24.6 Å². The van der Waals surface area contributed by atoms with Crippen LogP contribution in [0, 0.1) is 0 Å². The number of ether oxygens (including phenoxy) is 2. The SMILES string of the molecule is CCOC(=O)c1ccc2c(c1)cc(C(=O)N1CCOCC1)n2CC(F)(F)F. The number of alkyl halides is 3. The van der Waals surface area contributed by atoms with Gasteiger partial charge in [0.05, 0.1) is 25.4 Å². The van der Waals surface area contributed by atoms with Gasteiger partial charge in [0.25, 0.3) is 5.91 Å². The number of carbonyl (C=O) groups is 2. The number of fused-ring (bicyclic) bond motifs is 1. The van der Waals surface area contributed by atoms with Gasteiger partial charge in [-0.25, -0.2) is 4.79 Å². The van der Waals surface area contributed by atoms with Crippen molar-refractivity contribution in [3.05, 3.63) is 35.5 Å². The van der Waals surface area contributed by atoms with Crippen LogP contribution in [-0.4, -0.2) is 60.4 Å². The van der Waals surface area contributed by atoms with E-state index in [1.54, 1.807) is 6.92 Å². The lowest BCUT2D eigenvalue weighted by molar-refractivity contribution is -0.140. The van der Waals surface area contributed by atoms with Crippen molar-refractivity contribution in [2.24, 2.45) is 0 Å². The Morgan fingerprint density at radius 3 is 2.52 bits per heavy atom. The maximum atomic E-state index is 13.1. The number of hydrogen-bond donors (Lipinski definition) is 0. The van der Waals surface area contributed by atoms with Crippen LogP contribution in [0.3, 0.4) is 0 Å². The molecule has 2 aromatic rings. The molecule has 0 spiro atoms. The summed E-state index contributed by atoms with van der Waals surface area (Å²) in [6.45, 7) is 1.89. The first kappa shape index (κ1) is 19.2. The van der Waals surface area contributed by atoms with Crippen LogP contribution in [0.5, 0.6) is 0 Å². The van der Waals surface area contributed by atoms with Crippen molar-refractivity contribution in [3.8, 4) is 0 Å². The zero-order chi connectivity index (χ0) is 19.6. The van der Waals surface area contributed by atoms with E-state index in [0.717, 1.165) is 4.57 Å². The van der Waals surface area contributed by atoms with Gasteiger partial charge in [0.1, 0.15) is 12.2 Å². The quantitative estimate of drug-likeness (QED) is 0.761. The summed E-state index contributed by atoms with van der Waals surface area (Å²) in [7, 11) is 0. The number of carbonyl (C=O) groups excluding carboxylic acids is 2. The molecule has 1 aromatic carbocycles. The Morgan fingerprint density at radius 2 is 1.89 bits per heavy atom. The monoisotopic (exact) mass is 384 g/mol. The lowest BCUT2D eigenvalue weighted by Crippen LogP contribution is -2.41. The lowest BCUT2D eigenvalue weighted by atomic mass is 10.1. The summed E-state index contributed by atoms with van der Waals surface area (Å²) in [6.07, 6.45) is -4.49. The van der Waals surface area contributed by atoms with Crippen LogP contribution in [0.1, 0.15) is 27.8 Å². The van der Waals surface area contributed by atoms with Crippen LogP contribution >= 0.6 is 0 Å². The predicted octanol–water partition coefficient (Wildman–Crippen LogP) is 2.85. The number of hydrogen-bond acceptors (Lipinski definition) is 4. The molecule has 0 aliphatic carbocycles. The molecule has 1 amide bonds. The molecule has 0 radical (unpaired) electrons. The van der Waals surface area contributed by atoms with E-state index in [0.29, 0.717) is 31.7 Å². The van der Waals surface area contributed by atoms with Gasteiger partial charge in [-0.2, -0.15) is 13.2 Å². The molecule has 0 saturated carbocycles.